The van der Waals surface area contributed by atoms with Crippen LogP contribution >= 0.6 is 7.82 Å². The van der Waals surface area contributed by atoms with E-state index in [1.165, 1.54) is 57.8 Å². The molecule has 0 saturated carbocycles. The molecule has 0 rings (SSSR count). The fourth-order valence-electron chi connectivity index (χ4n) is 4.86. The molecule has 0 aliphatic rings. The van der Waals surface area contributed by atoms with Crippen molar-refractivity contribution in [2.24, 2.45) is 5.92 Å². The van der Waals surface area contributed by atoms with Crippen molar-refractivity contribution >= 4 is 25.5 Å². The molecule has 0 fully saturated rings. The first kappa shape index (κ1) is 44.2. The highest BCUT2D eigenvalue weighted by molar-refractivity contribution is 7.46. The first-order valence-electron chi connectivity index (χ1n) is 18.0. The molecule has 10 heteroatoms. The number of ether oxygens (including phenoxy) is 2. The molecule has 0 aliphatic carbocycles. The molecular formula is C36H65O9P. The van der Waals surface area contributed by atoms with Crippen molar-refractivity contribution in [2.45, 2.75) is 168 Å². The zero-order valence-electron chi connectivity index (χ0n) is 29.1. The number of ketones is 1. The van der Waals surface area contributed by atoms with Gasteiger partial charge in [-0.15, -0.1) is 0 Å². The predicted octanol–water partition coefficient (Wildman–Crippen LogP) is 9.49. The predicted molar refractivity (Wildman–Crippen MR) is 184 cm³/mol. The van der Waals surface area contributed by atoms with Crippen LogP contribution in [0.1, 0.15) is 162 Å². The van der Waals surface area contributed by atoms with Gasteiger partial charge in [0.1, 0.15) is 6.61 Å². The molecule has 0 spiro atoms. The number of allylic oxidation sites excluding steroid dienone is 4. The number of phosphoric acid groups is 1. The first-order chi connectivity index (χ1) is 22.1. The smallest absolute Gasteiger partial charge is 0.462 e. The largest absolute Gasteiger partial charge is 0.469 e. The summed E-state index contributed by atoms with van der Waals surface area (Å²) in [5.41, 5.74) is 0. The second-order valence-corrected chi connectivity index (χ2v) is 13.7. The molecule has 9 nitrogen and oxygen atoms in total. The lowest BCUT2D eigenvalue weighted by atomic mass is 9.99. The summed E-state index contributed by atoms with van der Waals surface area (Å²) in [5.74, 6) is -0.0482. The van der Waals surface area contributed by atoms with Gasteiger partial charge >= 0.3 is 19.8 Å². The zero-order chi connectivity index (χ0) is 34.3. The number of phosphoric ester groups is 1. The van der Waals surface area contributed by atoms with Crippen molar-refractivity contribution in [3.63, 3.8) is 0 Å². The van der Waals surface area contributed by atoms with Gasteiger partial charge in [-0.05, 0) is 44.1 Å². The minimum absolute atomic E-state index is 0.119. The van der Waals surface area contributed by atoms with Crippen LogP contribution in [0.2, 0.25) is 0 Å². The summed E-state index contributed by atoms with van der Waals surface area (Å²) in [6.45, 7) is 5.82. The molecule has 0 bridgehead atoms. The molecule has 0 aromatic rings. The van der Waals surface area contributed by atoms with Gasteiger partial charge in [-0.2, -0.15) is 0 Å². The number of carbonyl (C=O) groups is 3. The number of hydrogen-bond acceptors (Lipinski definition) is 7. The number of carbonyl (C=O) groups excluding carboxylic acids is 3. The van der Waals surface area contributed by atoms with Gasteiger partial charge in [0.05, 0.1) is 6.61 Å². The molecule has 268 valence electrons. The molecule has 0 radical (unpaired) electrons. The second-order valence-electron chi connectivity index (χ2n) is 12.5. The van der Waals surface area contributed by atoms with Gasteiger partial charge in [0.15, 0.2) is 11.9 Å². The van der Waals surface area contributed by atoms with Crippen LogP contribution < -0.4 is 0 Å². The summed E-state index contributed by atoms with van der Waals surface area (Å²) < 4.78 is 26.2. The van der Waals surface area contributed by atoms with E-state index < -0.39 is 32.5 Å². The minimum Gasteiger partial charge on any atom is -0.462 e. The highest BCUT2D eigenvalue weighted by atomic mass is 31.2. The van der Waals surface area contributed by atoms with E-state index in [2.05, 4.69) is 31.4 Å². The van der Waals surface area contributed by atoms with E-state index in [-0.39, 0.29) is 25.2 Å². The van der Waals surface area contributed by atoms with E-state index in [1.54, 1.807) is 6.08 Å². The second kappa shape index (κ2) is 30.5. The molecule has 0 aliphatic heterocycles. The fourth-order valence-corrected chi connectivity index (χ4v) is 5.22. The Balaban J connectivity index is 4.09. The van der Waals surface area contributed by atoms with Crippen LogP contribution in [0, 0.1) is 5.92 Å². The maximum Gasteiger partial charge on any atom is 0.469 e. The normalized spacial score (nSPS) is 13.3. The van der Waals surface area contributed by atoms with E-state index in [9.17, 15) is 18.9 Å². The highest BCUT2D eigenvalue weighted by Crippen LogP contribution is 2.36. The van der Waals surface area contributed by atoms with Crippen LogP contribution in [-0.2, 0) is 32.9 Å². The van der Waals surface area contributed by atoms with Crippen LogP contribution in [0.4, 0.5) is 0 Å². The lowest BCUT2D eigenvalue weighted by Crippen LogP contribution is -2.29. The van der Waals surface area contributed by atoms with Crippen molar-refractivity contribution < 1.29 is 42.7 Å². The van der Waals surface area contributed by atoms with Crippen molar-refractivity contribution in [1.29, 1.82) is 0 Å². The van der Waals surface area contributed by atoms with Crippen LogP contribution in [0.15, 0.2) is 24.3 Å². The van der Waals surface area contributed by atoms with Gasteiger partial charge in [0.2, 0.25) is 0 Å². The molecule has 0 heterocycles. The Hall–Kier alpha value is -1.80. The van der Waals surface area contributed by atoms with Gasteiger partial charge in [0, 0.05) is 19.3 Å². The van der Waals surface area contributed by atoms with Crippen molar-refractivity contribution in [2.75, 3.05) is 13.2 Å². The molecule has 2 N–H and O–H groups in total. The van der Waals surface area contributed by atoms with Crippen LogP contribution in [0.5, 0.6) is 0 Å². The van der Waals surface area contributed by atoms with Crippen LogP contribution in [0.3, 0.4) is 0 Å². The van der Waals surface area contributed by atoms with E-state index >= 15 is 0 Å². The third-order valence-electron chi connectivity index (χ3n) is 7.99. The maximum atomic E-state index is 12.3. The Bertz CT molecular complexity index is 881. The number of rotatable bonds is 32. The molecule has 0 saturated heterocycles. The summed E-state index contributed by atoms with van der Waals surface area (Å²) in [6.07, 6.45) is 27.3. The summed E-state index contributed by atoms with van der Waals surface area (Å²) in [7, 11) is -4.77. The topological polar surface area (TPSA) is 136 Å². The van der Waals surface area contributed by atoms with Crippen molar-refractivity contribution in [3.05, 3.63) is 24.3 Å². The molecule has 0 aromatic heterocycles. The van der Waals surface area contributed by atoms with Gasteiger partial charge in [-0.1, -0.05) is 129 Å². The molecular weight excluding hydrogens is 607 g/mol. The van der Waals surface area contributed by atoms with E-state index in [1.807, 2.05) is 12.2 Å². The van der Waals surface area contributed by atoms with Gasteiger partial charge in [-0.25, -0.2) is 4.57 Å². The minimum atomic E-state index is -4.77. The third kappa shape index (κ3) is 32.2. The lowest BCUT2D eigenvalue weighted by Gasteiger charge is -2.18. The fraction of sp³-hybridized carbons (Fsp3) is 0.806. The monoisotopic (exact) mass is 672 g/mol. The Kier molecular flexibility index (Phi) is 29.3. The van der Waals surface area contributed by atoms with Crippen LogP contribution in [0.25, 0.3) is 0 Å². The SMILES string of the molecule is CCCCC/C=C\C=C\C(=O)CCCCCCCC(=O)OC[C@H](COP(=O)(O)O)OC(=O)CCCCCCCCCCC(C)CC. The van der Waals surface area contributed by atoms with Crippen LogP contribution in [-0.4, -0.2) is 46.8 Å². The molecule has 2 atom stereocenters. The average molecular weight is 673 g/mol. The summed E-state index contributed by atoms with van der Waals surface area (Å²) in [6, 6.07) is 0. The number of unbranched alkanes of at least 4 members (excludes halogenated alkanes) is 14. The van der Waals surface area contributed by atoms with Crippen molar-refractivity contribution in [3.8, 4) is 0 Å². The Morgan fingerprint density at radius 2 is 1.26 bits per heavy atom. The van der Waals surface area contributed by atoms with Gasteiger partial charge in [-0.3, -0.25) is 18.9 Å². The quantitative estimate of drug-likeness (QED) is 0.0235. The van der Waals surface area contributed by atoms with E-state index in [4.69, 9.17) is 19.3 Å². The standard InChI is InChI=1S/C36H65O9P/c1-4-6-7-8-11-16-21-26-33(37)27-22-17-14-19-23-28-35(38)43-30-34(31-44-46(40,41)42)45-36(39)29-24-18-13-10-9-12-15-20-25-32(3)5-2/h11,16,21,26,32,34H,4-10,12-15,17-20,22-25,27-31H2,1-3H3,(H2,40,41,42)/b16-11-,26-21+/t32?,34-/m1/s1. The molecule has 0 aromatic carbocycles. The van der Waals surface area contributed by atoms with E-state index in [0.717, 1.165) is 57.3 Å². The first-order valence-corrected chi connectivity index (χ1v) is 19.5. The maximum absolute atomic E-state index is 12.3. The van der Waals surface area contributed by atoms with Gasteiger partial charge < -0.3 is 19.3 Å². The molecule has 46 heavy (non-hydrogen) atoms. The summed E-state index contributed by atoms with van der Waals surface area (Å²) >= 11 is 0. The average Bonchev–Trinajstić information content (AvgIpc) is 3.01. The number of hydrogen-bond donors (Lipinski definition) is 2. The number of esters is 2. The lowest BCUT2D eigenvalue weighted by molar-refractivity contribution is -0.161. The Morgan fingerprint density at radius 1 is 0.696 bits per heavy atom. The van der Waals surface area contributed by atoms with Gasteiger partial charge in [0.25, 0.3) is 0 Å². The van der Waals surface area contributed by atoms with E-state index in [0.29, 0.717) is 19.3 Å². The summed E-state index contributed by atoms with van der Waals surface area (Å²) in [5, 5.41) is 0. The molecule has 1 unspecified atom stereocenters. The van der Waals surface area contributed by atoms with Crippen molar-refractivity contribution in [1.82, 2.24) is 0 Å². The third-order valence-corrected chi connectivity index (χ3v) is 8.47. The Morgan fingerprint density at radius 3 is 1.85 bits per heavy atom. The highest BCUT2D eigenvalue weighted by Gasteiger charge is 2.22. The molecule has 0 amide bonds. The zero-order valence-corrected chi connectivity index (χ0v) is 30.0. The Labute approximate surface area is 279 Å². The summed E-state index contributed by atoms with van der Waals surface area (Å²) in [4.78, 5) is 54.5.